The largest absolute Gasteiger partial charge is 0.530 e. The minimum Gasteiger partial charge on any atom is -0.507 e. The highest BCUT2D eigenvalue weighted by Gasteiger charge is 2.26. The first-order chi connectivity index (χ1) is 28.6. The lowest BCUT2D eigenvalue weighted by Gasteiger charge is -2.23. The Labute approximate surface area is 349 Å². The van der Waals surface area contributed by atoms with E-state index in [1.54, 1.807) is 0 Å². The summed E-state index contributed by atoms with van der Waals surface area (Å²) in [5, 5.41) is 34.7. The van der Waals surface area contributed by atoms with E-state index < -0.39 is 8.60 Å². The first-order valence-electron chi connectivity index (χ1n) is 20.2. The van der Waals surface area contributed by atoms with Crippen molar-refractivity contribution in [2.24, 2.45) is 0 Å². The van der Waals surface area contributed by atoms with Gasteiger partial charge in [0.05, 0.1) is 0 Å². The van der Waals surface area contributed by atoms with E-state index >= 15 is 0 Å². The van der Waals surface area contributed by atoms with E-state index in [0.29, 0.717) is 65.2 Å². The Morgan fingerprint density at radius 1 is 0.373 bits per heavy atom. The van der Waals surface area contributed by atoms with Crippen LogP contribution in [0.1, 0.15) is 95.2 Å². The lowest BCUT2D eigenvalue weighted by Crippen LogP contribution is -2.06. The SMILES string of the molecule is CC(C)c1cc(OP(Oc2cc(Cc3ccccc3)c(O)c(Cc3ccccc3)c2)Oc2cc(Cc3ccccc3)c(O)c(Cc3ccccc3)c2)cc(C(C)C)c1O. The zero-order valence-corrected chi connectivity index (χ0v) is 34.9. The van der Waals surface area contributed by atoms with Gasteiger partial charge < -0.3 is 28.9 Å². The predicted octanol–water partition coefficient (Wildman–Crippen LogP) is 13.2. The number of hydrogen-bond acceptors (Lipinski definition) is 6. The van der Waals surface area contributed by atoms with E-state index in [1.807, 2.05) is 185 Å². The molecule has 7 aromatic rings. The molecular formula is C52H51O6P. The van der Waals surface area contributed by atoms with Crippen molar-refractivity contribution in [2.75, 3.05) is 0 Å². The van der Waals surface area contributed by atoms with Crippen molar-refractivity contribution in [3.05, 3.63) is 213 Å². The number of phenols is 3. The molecule has 0 atom stereocenters. The van der Waals surface area contributed by atoms with Crippen molar-refractivity contribution in [3.8, 4) is 34.5 Å². The molecule has 0 aromatic heterocycles. The van der Waals surface area contributed by atoms with Gasteiger partial charge in [-0.1, -0.05) is 149 Å². The number of aromatic hydroxyl groups is 3. The van der Waals surface area contributed by atoms with Gasteiger partial charge in [-0.3, -0.25) is 0 Å². The lowest BCUT2D eigenvalue weighted by atomic mass is 9.93. The molecule has 59 heavy (non-hydrogen) atoms. The molecule has 0 radical (unpaired) electrons. The van der Waals surface area contributed by atoms with Crippen LogP contribution in [0.5, 0.6) is 34.5 Å². The zero-order valence-electron chi connectivity index (χ0n) is 34.0. The van der Waals surface area contributed by atoms with Crippen LogP contribution in [0.15, 0.2) is 158 Å². The Hall–Kier alpha value is -6.23. The normalized spacial score (nSPS) is 11.3. The van der Waals surface area contributed by atoms with Gasteiger partial charge in [0.2, 0.25) is 0 Å². The third kappa shape index (κ3) is 10.6. The number of hydrogen-bond donors (Lipinski definition) is 3. The number of rotatable bonds is 16. The van der Waals surface area contributed by atoms with Gasteiger partial charge in [-0.05, 0) is 70.5 Å². The second kappa shape index (κ2) is 19.0. The monoisotopic (exact) mass is 802 g/mol. The minimum absolute atomic E-state index is 0.0282. The first kappa shape index (κ1) is 40.9. The molecule has 0 aliphatic carbocycles. The highest BCUT2D eigenvalue weighted by molar-refractivity contribution is 7.43. The van der Waals surface area contributed by atoms with Gasteiger partial charge in [0.1, 0.15) is 34.5 Å². The van der Waals surface area contributed by atoms with E-state index in [-0.39, 0.29) is 29.1 Å². The zero-order chi connectivity index (χ0) is 41.3. The van der Waals surface area contributed by atoms with Gasteiger partial charge in [-0.25, -0.2) is 0 Å². The van der Waals surface area contributed by atoms with Gasteiger partial charge in [-0.2, -0.15) is 0 Å². The van der Waals surface area contributed by atoms with Crippen LogP contribution in [-0.4, -0.2) is 15.3 Å². The van der Waals surface area contributed by atoms with Gasteiger partial charge in [-0.15, -0.1) is 0 Å². The molecule has 0 bridgehead atoms. The average Bonchev–Trinajstić information content (AvgIpc) is 3.23. The van der Waals surface area contributed by atoms with E-state index in [9.17, 15) is 15.3 Å². The second-order valence-electron chi connectivity index (χ2n) is 15.6. The molecule has 0 amide bonds. The molecule has 300 valence electrons. The summed E-state index contributed by atoms with van der Waals surface area (Å²) in [5.41, 5.74) is 8.57. The summed E-state index contributed by atoms with van der Waals surface area (Å²) in [4.78, 5) is 0. The minimum atomic E-state index is -2.21. The Balaban J connectivity index is 1.32. The second-order valence-corrected chi connectivity index (χ2v) is 16.6. The standard InChI is InChI=1S/C52H51O6P/c1-35(2)48-33-47(34-49(36(3)4)52(48)55)58-59(56-45-29-41(25-37-17-9-5-10-18-37)50(53)42(30-45)26-38-19-11-6-12-20-38)57-46-31-43(27-39-21-13-7-14-22-39)51(54)44(32-46)28-40-23-15-8-16-24-40/h5-24,29-36,53-55H,25-28H2,1-4H3. The molecule has 0 unspecified atom stereocenters. The van der Waals surface area contributed by atoms with Crippen LogP contribution < -0.4 is 13.6 Å². The van der Waals surface area contributed by atoms with Crippen molar-refractivity contribution >= 4 is 8.60 Å². The summed E-state index contributed by atoms with van der Waals surface area (Å²) in [6.07, 6.45) is 1.95. The van der Waals surface area contributed by atoms with Crippen molar-refractivity contribution in [1.82, 2.24) is 0 Å². The lowest BCUT2D eigenvalue weighted by molar-refractivity contribution is 0.383. The fourth-order valence-electron chi connectivity index (χ4n) is 7.26. The van der Waals surface area contributed by atoms with Crippen LogP contribution in [0.3, 0.4) is 0 Å². The molecule has 0 heterocycles. The van der Waals surface area contributed by atoms with Crippen LogP contribution in [-0.2, 0) is 25.7 Å². The molecule has 7 heteroatoms. The molecule has 0 saturated heterocycles. The summed E-state index contributed by atoms with van der Waals surface area (Å²) in [5.74, 6) is 2.21. The highest BCUT2D eigenvalue weighted by Crippen LogP contribution is 2.48. The molecule has 7 aromatic carbocycles. The maximum atomic E-state index is 11.7. The Kier molecular flexibility index (Phi) is 13.2. The molecule has 0 aliphatic heterocycles. The molecule has 0 aliphatic rings. The van der Waals surface area contributed by atoms with Crippen LogP contribution in [0.2, 0.25) is 0 Å². The van der Waals surface area contributed by atoms with Crippen LogP contribution in [0.4, 0.5) is 0 Å². The van der Waals surface area contributed by atoms with E-state index in [2.05, 4.69) is 0 Å². The summed E-state index contributed by atoms with van der Waals surface area (Å²) < 4.78 is 20.3. The fraction of sp³-hybridized carbons (Fsp3) is 0.192. The quantitative estimate of drug-likeness (QED) is 0.0844. The molecule has 6 nitrogen and oxygen atoms in total. The average molecular weight is 803 g/mol. The predicted molar refractivity (Wildman–Crippen MR) is 238 cm³/mol. The third-order valence-corrected chi connectivity index (χ3v) is 11.4. The topological polar surface area (TPSA) is 88.4 Å². The maximum Gasteiger partial charge on any atom is 0.530 e. The Morgan fingerprint density at radius 2 is 0.627 bits per heavy atom. The molecule has 0 fully saturated rings. The van der Waals surface area contributed by atoms with Crippen LogP contribution in [0, 0.1) is 0 Å². The molecule has 3 N–H and O–H groups in total. The highest BCUT2D eigenvalue weighted by atomic mass is 31.2. The van der Waals surface area contributed by atoms with Crippen molar-refractivity contribution in [2.45, 2.75) is 65.2 Å². The van der Waals surface area contributed by atoms with Gasteiger partial charge >= 0.3 is 8.60 Å². The van der Waals surface area contributed by atoms with E-state index in [4.69, 9.17) is 13.6 Å². The molecule has 0 saturated carbocycles. The third-order valence-electron chi connectivity index (χ3n) is 10.4. The van der Waals surface area contributed by atoms with E-state index in [0.717, 1.165) is 33.4 Å². The summed E-state index contributed by atoms with van der Waals surface area (Å²) in [7, 11) is -2.21. The van der Waals surface area contributed by atoms with Crippen LogP contribution >= 0.6 is 8.60 Å². The van der Waals surface area contributed by atoms with Crippen molar-refractivity contribution < 1.29 is 28.9 Å². The molecule has 0 spiro atoms. The number of benzene rings is 7. The summed E-state index contributed by atoms with van der Waals surface area (Å²) in [6.45, 7) is 8.15. The van der Waals surface area contributed by atoms with Crippen LogP contribution in [0.25, 0.3) is 0 Å². The Bertz CT molecular complexity index is 2160. The number of phenolic OH excluding ortho intramolecular Hbond substituents is 3. The Morgan fingerprint density at radius 3 is 0.881 bits per heavy atom. The molecule has 7 rings (SSSR count). The van der Waals surface area contributed by atoms with Gasteiger partial charge in [0.25, 0.3) is 0 Å². The van der Waals surface area contributed by atoms with Gasteiger partial charge in [0.15, 0.2) is 0 Å². The summed E-state index contributed by atoms with van der Waals surface area (Å²) >= 11 is 0. The first-order valence-corrected chi connectivity index (χ1v) is 21.2. The maximum absolute atomic E-state index is 11.7. The fourth-order valence-corrected chi connectivity index (χ4v) is 8.21. The van der Waals surface area contributed by atoms with E-state index in [1.165, 1.54) is 0 Å². The van der Waals surface area contributed by atoms with Gasteiger partial charge in [0, 0.05) is 59.1 Å². The smallest absolute Gasteiger partial charge is 0.507 e. The van der Waals surface area contributed by atoms with Crippen molar-refractivity contribution in [3.63, 3.8) is 0 Å². The molecular weight excluding hydrogens is 752 g/mol. The van der Waals surface area contributed by atoms with Crippen molar-refractivity contribution in [1.29, 1.82) is 0 Å². The summed E-state index contributed by atoms with van der Waals surface area (Å²) in [6, 6.07) is 51.3.